The number of carbonyl (C=O) groups excluding carboxylic acids is 2. The standard InChI is InChI=1S/C15H19N3O3/c1-10(2)13(15(20)21-3)18-14(19)12-7-11(5-4-6-16)8-17-9-12/h7-10,13H,6,16H2,1-3H3,(H,18,19). The molecule has 0 bridgehead atoms. The summed E-state index contributed by atoms with van der Waals surface area (Å²) >= 11 is 0. The van der Waals surface area contributed by atoms with Gasteiger partial charge in [-0.2, -0.15) is 0 Å². The number of esters is 1. The minimum absolute atomic E-state index is 0.0884. The summed E-state index contributed by atoms with van der Waals surface area (Å²) < 4.78 is 4.68. The number of amides is 1. The minimum atomic E-state index is -0.707. The summed E-state index contributed by atoms with van der Waals surface area (Å²) in [7, 11) is 1.29. The SMILES string of the molecule is COC(=O)C(NC(=O)c1cncc(C#CCN)c1)C(C)C. The Balaban J connectivity index is 2.90. The molecule has 0 aromatic carbocycles. The van der Waals surface area contributed by atoms with Crippen molar-refractivity contribution in [3.05, 3.63) is 29.6 Å². The molecule has 1 unspecified atom stereocenters. The topological polar surface area (TPSA) is 94.3 Å². The molecule has 112 valence electrons. The summed E-state index contributed by atoms with van der Waals surface area (Å²) in [5, 5.41) is 2.64. The van der Waals surface area contributed by atoms with Gasteiger partial charge in [0.25, 0.3) is 5.91 Å². The van der Waals surface area contributed by atoms with Crippen LogP contribution in [0.1, 0.15) is 29.8 Å². The highest BCUT2D eigenvalue weighted by Gasteiger charge is 2.25. The summed E-state index contributed by atoms with van der Waals surface area (Å²) in [6, 6.07) is 0.890. The van der Waals surface area contributed by atoms with E-state index < -0.39 is 17.9 Å². The fourth-order valence-electron chi connectivity index (χ4n) is 1.63. The average molecular weight is 289 g/mol. The zero-order valence-corrected chi connectivity index (χ0v) is 12.3. The van der Waals surface area contributed by atoms with E-state index in [0.29, 0.717) is 11.1 Å². The van der Waals surface area contributed by atoms with E-state index in [9.17, 15) is 9.59 Å². The molecule has 0 spiro atoms. The van der Waals surface area contributed by atoms with E-state index in [1.807, 2.05) is 13.8 Å². The zero-order chi connectivity index (χ0) is 15.8. The normalized spacial score (nSPS) is 11.3. The van der Waals surface area contributed by atoms with E-state index in [4.69, 9.17) is 5.73 Å². The van der Waals surface area contributed by atoms with Crippen molar-refractivity contribution in [1.82, 2.24) is 10.3 Å². The van der Waals surface area contributed by atoms with Gasteiger partial charge in [-0.25, -0.2) is 4.79 Å². The Morgan fingerprint density at radius 2 is 2.14 bits per heavy atom. The largest absolute Gasteiger partial charge is 0.467 e. The second kappa shape index (κ2) is 8.02. The van der Waals surface area contributed by atoms with Gasteiger partial charge in [0.05, 0.1) is 19.2 Å². The second-order valence-corrected chi connectivity index (χ2v) is 4.69. The van der Waals surface area contributed by atoms with Gasteiger partial charge in [-0.3, -0.25) is 9.78 Å². The van der Waals surface area contributed by atoms with Crippen LogP contribution in [0, 0.1) is 17.8 Å². The summed E-state index contributed by atoms with van der Waals surface area (Å²) in [5.74, 6) is 4.52. The lowest BCUT2D eigenvalue weighted by molar-refractivity contribution is -0.144. The average Bonchev–Trinajstić information content (AvgIpc) is 2.49. The second-order valence-electron chi connectivity index (χ2n) is 4.69. The molecule has 0 saturated heterocycles. The van der Waals surface area contributed by atoms with E-state index in [0.717, 1.165) is 0 Å². The molecule has 0 aliphatic carbocycles. The van der Waals surface area contributed by atoms with Crippen LogP contribution in [0.2, 0.25) is 0 Å². The lowest BCUT2D eigenvalue weighted by Crippen LogP contribution is -2.45. The van der Waals surface area contributed by atoms with Crippen LogP contribution in [-0.4, -0.2) is 36.6 Å². The number of pyridine rings is 1. The fourth-order valence-corrected chi connectivity index (χ4v) is 1.63. The maximum atomic E-state index is 12.2. The quantitative estimate of drug-likeness (QED) is 0.615. The molecule has 0 aliphatic heterocycles. The van der Waals surface area contributed by atoms with Crippen molar-refractivity contribution in [3.8, 4) is 11.8 Å². The lowest BCUT2D eigenvalue weighted by atomic mass is 10.0. The Morgan fingerprint density at radius 3 is 2.71 bits per heavy atom. The molecule has 1 aromatic rings. The maximum absolute atomic E-state index is 12.2. The summed E-state index contributed by atoms with van der Waals surface area (Å²) in [4.78, 5) is 27.8. The Kier molecular flexibility index (Phi) is 6.37. The van der Waals surface area contributed by atoms with Crippen LogP contribution in [-0.2, 0) is 9.53 Å². The van der Waals surface area contributed by atoms with Crippen LogP contribution in [0.3, 0.4) is 0 Å². The first-order valence-corrected chi connectivity index (χ1v) is 6.52. The van der Waals surface area contributed by atoms with Gasteiger partial charge < -0.3 is 15.8 Å². The molecule has 1 atom stereocenters. The van der Waals surface area contributed by atoms with Gasteiger partial charge in [0, 0.05) is 18.0 Å². The van der Waals surface area contributed by atoms with E-state index in [2.05, 4.69) is 26.9 Å². The van der Waals surface area contributed by atoms with Crippen molar-refractivity contribution in [1.29, 1.82) is 0 Å². The number of nitrogens with one attached hydrogen (secondary N) is 1. The van der Waals surface area contributed by atoms with Crippen molar-refractivity contribution in [2.45, 2.75) is 19.9 Å². The van der Waals surface area contributed by atoms with Gasteiger partial charge in [-0.1, -0.05) is 25.7 Å². The predicted molar refractivity (Wildman–Crippen MR) is 78.3 cm³/mol. The highest BCUT2D eigenvalue weighted by atomic mass is 16.5. The number of ether oxygens (including phenoxy) is 1. The number of hydrogen-bond donors (Lipinski definition) is 2. The van der Waals surface area contributed by atoms with Crippen LogP contribution in [0.4, 0.5) is 0 Å². The van der Waals surface area contributed by atoms with Crippen molar-refractivity contribution in [3.63, 3.8) is 0 Å². The molecule has 1 aromatic heterocycles. The Bertz CT molecular complexity index is 573. The van der Waals surface area contributed by atoms with E-state index in [1.165, 1.54) is 13.3 Å². The molecule has 0 radical (unpaired) electrons. The third-order valence-electron chi connectivity index (χ3n) is 2.74. The number of nitrogens with zero attached hydrogens (tertiary/aromatic N) is 1. The molecule has 0 aliphatic rings. The van der Waals surface area contributed by atoms with Crippen LogP contribution >= 0.6 is 0 Å². The number of rotatable bonds is 4. The van der Waals surface area contributed by atoms with Gasteiger partial charge in [0.1, 0.15) is 6.04 Å². The molecule has 1 amide bonds. The van der Waals surface area contributed by atoms with Crippen molar-refractivity contribution < 1.29 is 14.3 Å². The van der Waals surface area contributed by atoms with Crippen LogP contribution in [0.5, 0.6) is 0 Å². The van der Waals surface area contributed by atoms with E-state index in [1.54, 1.807) is 12.3 Å². The van der Waals surface area contributed by atoms with Crippen molar-refractivity contribution in [2.75, 3.05) is 13.7 Å². The molecule has 3 N–H and O–H groups in total. The van der Waals surface area contributed by atoms with E-state index >= 15 is 0 Å². The smallest absolute Gasteiger partial charge is 0.328 e. The van der Waals surface area contributed by atoms with E-state index in [-0.39, 0.29) is 12.5 Å². The number of hydrogen-bond acceptors (Lipinski definition) is 5. The fraction of sp³-hybridized carbons (Fsp3) is 0.400. The first-order chi connectivity index (χ1) is 9.99. The van der Waals surface area contributed by atoms with Gasteiger partial charge in [-0.15, -0.1) is 0 Å². The molecule has 6 heteroatoms. The molecule has 0 saturated carbocycles. The van der Waals surface area contributed by atoms with Gasteiger partial charge in [-0.05, 0) is 12.0 Å². The Hall–Kier alpha value is -2.39. The Labute approximate surface area is 124 Å². The summed E-state index contributed by atoms with van der Waals surface area (Å²) in [6.07, 6.45) is 2.96. The van der Waals surface area contributed by atoms with Crippen molar-refractivity contribution in [2.24, 2.45) is 11.7 Å². The van der Waals surface area contributed by atoms with Gasteiger partial charge in [0.2, 0.25) is 0 Å². The molecular weight excluding hydrogens is 270 g/mol. The first kappa shape index (κ1) is 16.7. The molecule has 0 fully saturated rings. The van der Waals surface area contributed by atoms with Gasteiger partial charge >= 0.3 is 5.97 Å². The van der Waals surface area contributed by atoms with Crippen LogP contribution < -0.4 is 11.1 Å². The summed E-state index contributed by atoms with van der Waals surface area (Å²) in [6.45, 7) is 3.88. The highest BCUT2D eigenvalue weighted by Crippen LogP contribution is 2.07. The molecule has 21 heavy (non-hydrogen) atoms. The third kappa shape index (κ3) is 4.89. The van der Waals surface area contributed by atoms with Crippen LogP contribution in [0.15, 0.2) is 18.5 Å². The summed E-state index contributed by atoms with van der Waals surface area (Å²) in [5.41, 5.74) is 6.21. The monoisotopic (exact) mass is 289 g/mol. The number of nitrogens with two attached hydrogens (primary N) is 1. The molecule has 1 heterocycles. The molecule has 1 rings (SSSR count). The first-order valence-electron chi connectivity index (χ1n) is 6.52. The number of carbonyl (C=O) groups is 2. The third-order valence-corrected chi connectivity index (χ3v) is 2.74. The van der Waals surface area contributed by atoms with Gasteiger partial charge in [0.15, 0.2) is 0 Å². The minimum Gasteiger partial charge on any atom is -0.467 e. The van der Waals surface area contributed by atoms with Crippen molar-refractivity contribution >= 4 is 11.9 Å². The lowest BCUT2D eigenvalue weighted by Gasteiger charge is -2.19. The maximum Gasteiger partial charge on any atom is 0.328 e. The Morgan fingerprint density at radius 1 is 1.43 bits per heavy atom. The molecular formula is C15H19N3O3. The molecule has 6 nitrogen and oxygen atoms in total. The predicted octanol–water partition coefficient (Wildman–Crippen LogP) is 0.319. The number of aromatic nitrogens is 1. The zero-order valence-electron chi connectivity index (χ0n) is 12.3. The highest BCUT2D eigenvalue weighted by molar-refractivity contribution is 5.96. The number of methoxy groups -OCH3 is 1. The van der Waals surface area contributed by atoms with Crippen LogP contribution in [0.25, 0.3) is 0 Å².